The van der Waals surface area contributed by atoms with Gasteiger partial charge in [0.15, 0.2) is 0 Å². The van der Waals surface area contributed by atoms with Gasteiger partial charge >= 0.3 is 11.8 Å². The molecule has 0 spiro atoms. The van der Waals surface area contributed by atoms with Crippen molar-refractivity contribution in [1.29, 1.82) is 0 Å². The fourth-order valence-electron chi connectivity index (χ4n) is 2.97. The van der Waals surface area contributed by atoms with Crippen molar-refractivity contribution in [3.8, 4) is 5.75 Å². The Kier molecular flexibility index (Phi) is 8.42. The molecule has 1 aromatic carbocycles. The first-order chi connectivity index (χ1) is 13.8. The quantitative estimate of drug-likeness (QED) is 0.468. The van der Waals surface area contributed by atoms with Crippen molar-refractivity contribution in [2.24, 2.45) is 0 Å². The molecule has 1 heterocycles. The average molecular weight is 428 g/mol. The fraction of sp³-hybridized carbons (Fsp3) is 0.579. The monoisotopic (exact) mass is 427 g/mol. The van der Waals surface area contributed by atoms with E-state index < -0.39 is 28.1 Å². The summed E-state index contributed by atoms with van der Waals surface area (Å²) >= 11 is 0. The summed E-state index contributed by atoms with van der Waals surface area (Å²) in [6, 6.07) is 4.62. The maximum absolute atomic E-state index is 13.1. The van der Waals surface area contributed by atoms with Crippen molar-refractivity contribution in [1.82, 2.24) is 14.9 Å². The number of methoxy groups -OCH3 is 1. The Morgan fingerprint density at radius 2 is 2.00 bits per heavy atom. The highest BCUT2D eigenvalue weighted by molar-refractivity contribution is 7.89. The molecule has 0 bridgehead atoms. The molecular formula is C19H29N3O6S. The summed E-state index contributed by atoms with van der Waals surface area (Å²) in [5.74, 6) is -0.959. The fourth-order valence-corrected chi connectivity index (χ4v) is 4.62. The van der Waals surface area contributed by atoms with Gasteiger partial charge in [-0.2, -0.15) is 4.31 Å². The molecule has 2 rings (SSSR count). The van der Waals surface area contributed by atoms with Crippen LogP contribution in [0.4, 0.5) is 0 Å². The number of sulfonamides is 1. The zero-order chi connectivity index (χ0) is 21.4. The normalized spacial score (nSPS) is 17.6. The molecule has 9 nitrogen and oxygen atoms in total. The van der Waals surface area contributed by atoms with Crippen LogP contribution < -0.4 is 15.4 Å². The molecule has 1 fully saturated rings. The van der Waals surface area contributed by atoms with E-state index in [1.54, 1.807) is 19.1 Å². The lowest BCUT2D eigenvalue weighted by Gasteiger charge is -2.34. The Balaban J connectivity index is 2.07. The topological polar surface area (TPSA) is 114 Å². The zero-order valence-corrected chi connectivity index (χ0v) is 17.9. The van der Waals surface area contributed by atoms with Crippen LogP contribution in [0.1, 0.15) is 31.7 Å². The number of amides is 2. The molecular weight excluding hydrogens is 398 g/mol. The van der Waals surface area contributed by atoms with E-state index in [0.29, 0.717) is 30.9 Å². The number of aryl methyl sites for hydroxylation is 1. The Morgan fingerprint density at radius 3 is 2.66 bits per heavy atom. The Bertz CT molecular complexity index is 827. The Hall–Kier alpha value is -2.17. The lowest BCUT2D eigenvalue weighted by atomic mass is 10.2. The first kappa shape index (κ1) is 23.1. The molecule has 1 aromatic rings. The molecule has 0 unspecified atom stereocenters. The molecule has 1 aliphatic heterocycles. The number of unbranched alkanes of at least 4 members (excludes halogenated alkanes) is 1. The van der Waals surface area contributed by atoms with Crippen LogP contribution in [0.2, 0.25) is 0 Å². The van der Waals surface area contributed by atoms with Gasteiger partial charge in [0.1, 0.15) is 12.0 Å². The van der Waals surface area contributed by atoms with Gasteiger partial charge in [-0.25, -0.2) is 8.42 Å². The minimum atomic E-state index is -3.84. The SMILES string of the molecule is CCCCNC(=O)C(=O)NC[C@@H]1OCCCN1S(=O)(=O)c1ccc(OC)c(C)c1. The second-order valence-electron chi connectivity index (χ2n) is 6.75. The van der Waals surface area contributed by atoms with Crippen LogP contribution in [0.3, 0.4) is 0 Å². The van der Waals surface area contributed by atoms with Crippen molar-refractivity contribution >= 4 is 21.8 Å². The second kappa shape index (κ2) is 10.6. The predicted octanol–water partition coefficient (Wildman–Crippen LogP) is 0.773. The summed E-state index contributed by atoms with van der Waals surface area (Å²) in [5, 5.41) is 4.98. The summed E-state index contributed by atoms with van der Waals surface area (Å²) < 4.78 is 38.2. The molecule has 10 heteroatoms. The van der Waals surface area contributed by atoms with Gasteiger partial charge in [-0.15, -0.1) is 0 Å². The number of carbonyl (C=O) groups excluding carboxylic acids is 2. The summed E-state index contributed by atoms with van der Waals surface area (Å²) in [7, 11) is -2.32. The number of nitrogens with zero attached hydrogens (tertiary/aromatic N) is 1. The highest BCUT2D eigenvalue weighted by atomic mass is 32.2. The number of hydrogen-bond donors (Lipinski definition) is 2. The minimum Gasteiger partial charge on any atom is -0.496 e. The summed E-state index contributed by atoms with van der Waals surface area (Å²) in [4.78, 5) is 23.9. The average Bonchev–Trinajstić information content (AvgIpc) is 2.72. The van der Waals surface area contributed by atoms with E-state index in [1.807, 2.05) is 6.92 Å². The number of benzene rings is 1. The van der Waals surface area contributed by atoms with E-state index in [9.17, 15) is 18.0 Å². The maximum Gasteiger partial charge on any atom is 0.309 e. The van der Waals surface area contributed by atoms with Crippen LogP contribution >= 0.6 is 0 Å². The molecule has 0 aromatic heterocycles. The summed E-state index contributed by atoms with van der Waals surface area (Å²) in [6.45, 7) is 4.67. The molecule has 29 heavy (non-hydrogen) atoms. The van der Waals surface area contributed by atoms with Gasteiger partial charge in [0.05, 0.1) is 25.2 Å². The van der Waals surface area contributed by atoms with E-state index in [0.717, 1.165) is 12.8 Å². The smallest absolute Gasteiger partial charge is 0.309 e. The lowest BCUT2D eigenvalue weighted by molar-refractivity contribution is -0.140. The molecule has 2 N–H and O–H groups in total. The van der Waals surface area contributed by atoms with Gasteiger partial charge in [0.25, 0.3) is 0 Å². The highest BCUT2D eigenvalue weighted by Crippen LogP contribution is 2.26. The van der Waals surface area contributed by atoms with E-state index in [2.05, 4.69) is 10.6 Å². The van der Waals surface area contributed by atoms with Crippen molar-refractivity contribution in [2.45, 2.75) is 44.2 Å². The van der Waals surface area contributed by atoms with Gasteiger partial charge in [-0.3, -0.25) is 9.59 Å². The van der Waals surface area contributed by atoms with Gasteiger partial charge < -0.3 is 20.1 Å². The third kappa shape index (κ3) is 5.91. The van der Waals surface area contributed by atoms with Crippen LogP contribution in [0, 0.1) is 6.92 Å². The second-order valence-corrected chi connectivity index (χ2v) is 8.64. The molecule has 0 aliphatic carbocycles. The molecule has 1 aliphatic rings. The minimum absolute atomic E-state index is 0.117. The van der Waals surface area contributed by atoms with E-state index in [1.165, 1.54) is 17.5 Å². The van der Waals surface area contributed by atoms with Crippen LogP contribution in [0.5, 0.6) is 5.75 Å². The highest BCUT2D eigenvalue weighted by Gasteiger charge is 2.35. The largest absolute Gasteiger partial charge is 0.496 e. The van der Waals surface area contributed by atoms with Gasteiger partial charge in [-0.05, 0) is 43.5 Å². The van der Waals surface area contributed by atoms with Crippen molar-refractivity contribution in [3.63, 3.8) is 0 Å². The first-order valence-electron chi connectivity index (χ1n) is 9.65. The molecule has 2 amide bonds. The Morgan fingerprint density at radius 1 is 1.28 bits per heavy atom. The molecule has 1 atom stereocenters. The molecule has 1 saturated heterocycles. The standard InChI is InChI=1S/C19H29N3O6S/c1-4-5-9-20-18(23)19(24)21-13-17-22(10-6-11-28-17)29(25,26)15-7-8-16(27-3)14(2)12-15/h7-8,12,17H,4-6,9-11,13H2,1-3H3,(H,20,23)(H,21,24)/t17-/m0/s1. The van der Waals surface area contributed by atoms with Gasteiger partial charge in [-0.1, -0.05) is 13.3 Å². The predicted molar refractivity (Wildman–Crippen MR) is 107 cm³/mol. The first-order valence-corrected chi connectivity index (χ1v) is 11.1. The number of nitrogens with one attached hydrogen (secondary N) is 2. The van der Waals surface area contributed by atoms with E-state index >= 15 is 0 Å². The number of rotatable bonds is 8. The van der Waals surface area contributed by atoms with Crippen LogP contribution in [-0.4, -0.2) is 64.1 Å². The maximum atomic E-state index is 13.1. The van der Waals surface area contributed by atoms with Gasteiger partial charge in [0, 0.05) is 13.1 Å². The summed E-state index contributed by atoms with van der Waals surface area (Å²) in [5.41, 5.74) is 0.695. The van der Waals surface area contributed by atoms with Crippen LogP contribution in [0.25, 0.3) is 0 Å². The van der Waals surface area contributed by atoms with Crippen molar-refractivity contribution in [2.75, 3.05) is 33.4 Å². The van der Waals surface area contributed by atoms with Crippen molar-refractivity contribution < 1.29 is 27.5 Å². The third-order valence-electron chi connectivity index (χ3n) is 4.59. The van der Waals surface area contributed by atoms with E-state index in [4.69, 9.17) is 9.47 Å². The van der Waals surface area contributed by atoms with Crippen LogP contribution in [-0.2, 0) is 24.3 Å². The Labute approximate surface area is 171 Å². The lowest BCUT2D eigenvalue weighted by Crippen LogP contribution is -2.53. The summed E-state index contributed by atoms with van der Waals surface area (Å²) in [6.07, 6.45) is 1.33. The number of carbonyl (C=O) groups is 2. The molecule has 162 valence electrons. The molecule has 0 radical (unpaired) electrons. The number of ether oxygens (including phenoxy) is 2. The molecule has 0 saturated carbocycles. The van der Waals surface area contributed by atoms with E-state index in [-0.39, 0.29) is 18.0 Å². The third-order valence-corrected chi connectivity index (χ3v) is 6.47. The van der Waals surface area contributed by atoms with Crippen LogP contribution in [0.15, 0.2) is 23.1 Å². The zero-order valence-electron chi connectivity index (χ0n) is 17.1. The van der Waals surface area contributed by atoms with Crippen molar-refractivity contribution in [3.05, 3.63) is 23.8 Å². The van der Waals surface area contributed by atoms with Gasteiger partial charge in [0.2, 0.25) is 10.0 Å². The number of hydrogen-bond acceptors (Lipinski definition) is 6.